The standard InChI is InChI=1S/C24H27NO2S/c1-6-9-11-21(8-3)14-15-22-18-25(20(5)24(22)10-7-2)28(26,27)23-16-12-19(4)13-17-23/h6-9,11-18,24H,1-2,5,10H2,3-4H3/b11-9-,15-14+,21-8+. The van der Waals surface area contributed by atoms with E-state index in [-0.39, 0.29) is 10.8 Å². The van der Waals surface area contributed by atoms with Gasteiger partial charge in [-0.25, -0.2) is 12.7 Å². The summed E-state index contributed by atoms with van der Waals surface area (Å²) in [6.07, 6.45) is 15.4. The lowest BCUT2D eigenvalue weighted by atomic mass is 9.95. The van der Waals surface area contributed by atoms with Gasteiger partial charge in [-0.05, 0) is 43.5 Å². The number of rotatable bonds is 8. The van der Waals surface area contributed by atoms with Gasteiger partial charge < -0.3 is 0 Å². The molecule has 0 amide bonds. The van der Waals surface area contributed by atoms with Crippen molar-refractivity contribution in [1.29, 1.82) is 0 Å². The van der Waals surface area contributed by atoms with Crippen LogP contribution in [-0.4, -0.2) is 12.7 Å². The quantitative estimate of drug-likeness (QED) is 0.411. The highest BCUT2D eigenvalue weighted by atomic mass is 32.2. The predicted molar refractivity (Wildman–Crippen MR) is 118 cm³/mol. The van der Waals surface area contributed by atoms with Crippen LogP contribution in [0, 0.1) is 12.8 Å². The summed E-state index contributed by atoms with van der Waals surface area (Å²) < 4.78 is 27.5. The van der Waals surface area contributed by atoms with Gasteiger partial charge in [-0.3, -0.25) is 0 Å². The summed E-state index contributed by atoms with van der Waals surface area (Å²) in [5.74, 6) is -0.129. The molecular weight excluding hydrogens is 366 g/mol. The summed E-state index contributed by atoms with van der Waals surface area (Å²) in [4.78, 5) is 0.251. The van der Waals surface area contributed by atoms with Crippen molar-refractivity contribution in [1.82, 2.24) is 4.31 Å². The van der Waals surface area contributed by atoms with Crippen molar-refractivity contribution in [3.8, 4) is 0 Å². The van der Waals surface area contributed by atoms with Gasteiger partial charge in [0.05, 0.1) is 4.90 Å². The van der Waals surface area contributed by atoms with Gasteiger partial charge in [0.1, 0.15) is 0 Å². The second-order valence-electron chi connectivity index (χ2n) is 6.53. The third-order valence-corrected chi connectivity index (χ3v) is 6.29. The van der Waals surface area contributed by atoms with Crippen LogP contribution in [0.5, 0.6) is 0 Å². The van der Waals surface area contributed by atoms with Crippen LogP contribution in [0.2, 0.25) is 0 Å². The Morgan fingerprint density at radius 2 is 1.86 bits per heavy atom. The van der Waals surface area contributed by atoms with E-state index in [4.69, 9.17) is 0 Å². The third kappa shape index (κ3) is 4.70. The molecule has 4 heteroatoms. The van der Waals surface area contributed by atoms with Crippen molar-refractivity contribution >= 4 is 10.0 Å². The van der Waals surface area contributed by atoms with Gasteiger partial charge in [0.25, 0.3) is 10.0 Å². The fourth-order valence-electron chi connectivity index (χ4n) is 2.92. The maximum atomic E-state index is 13.1. The van der Waals surface area contributed by atoms with Gasteiger partial charge in [0.15, 0.2) is 0 Å². The number of sulfonamides is 1. The van der Waals surface area contributed by atoms with Crippen LogP contribution in [0.25, 0.3) is 0 Å². The van der Waals surface area contributed by atoms with Crippen LogP contribution in [0.1, 0.15) is 18.9 Å². The molecule has 1 heterocycles. The summed E-state index contributed by atoms with van der Waals surface area (Å²) in [5.41, 5.74) is 3.42. The molecule has 0 aromatic heterocycles. The molecule has 1 aromatic rings. The van der Waals surface area contributed by atoms with E-state index in [0.29, 0.717) is 12.1 Å². The molecule has 0 fully saturated rings. The third-order valence-electron chi connectivity index (χ3n) is 4.56. The first kappa shape index (κ1) is 21.5. The summed E-state index contributed by atoms with van der Waals surface area (Å²) >= 11 is 0. The highest BCUT2D eigenvalue weighted by Gasteiger charge is 2.34. The first-order valence-electron chi connectivity index (χ1n) is 9.11. The zero-order valence-corrected chi connectivity index (χ0v) is 17.3. The first-order valence-corrected chi connectivity index (χ1v) is 10.5. The van der Waals surface area contributed by atoms with E-state index in [1.54, 1.807) is 42.6 Å². The van der Waals surface area contributed by atoms with Gasteiger partial charge in [-0.2, -0.15) is 0 Å². The summed E-state index contributed by atoms with van der Waals surface area (Å²) in [6, 6.07) is 6.84. The van der Waals surface area contributed by atoms with Crippen LogP contribution in [0.15, 0.2) is 114 Å². The minimum absolute atomic E-state index is 0.129. The number of hydrogen-bond donors (Lipinski definition) is 0. The lowest BCUT2D eigenvalue weighted by molar-refractivity contribution is 0.533. The number of hydrogen-bond acceptors (Lipinski definition) is 2. The molecule has 0 saturated carbocycles. The summed E-state index contributed by atoms with van der Waals surface area (Å²) in [6.45, 7) is 15.4. The molecule has 1 aromatic carbocycles. The van der Waals surface area contributed by atoms with Crippen molar-refractivity contribution in [3.63, 3.8) is 0 Å². The van der Waals surface area contributed by atoms with Gasteiger partial charge >= 0.3 is 0 Å². The average molecular weight is 394 g/mol. The first-order chi connectivity index (χ1) is 13.3. The summed E-state index contributed by atoms with van der Waals surface area (Å²) in [7, 11) is -3.70. The fourth-order valence-corrected chi connectivity index (χ4v) is 4.32. The van der Waals surface area contributed by atoms with Gasteiger partial charge in [-0.15, -0.1) is 6.58 Å². The molecule has 0 bridgehead atoms. The lowest BCUT2D eigenvalue weighted by Crippen LogP contribution is -2.24. The van der Waals surface area contributed by atoms with E-state index in [0.717, 1.165) is 16.7 Å². The number of allylic oxidation sites excluding steroid dienone is 9. The van der Waals surface area contributed by atoms with Crippen molar-refractivity contribution in [3.05, 3.63) is 115 Å². The Kier molecular flexibility index (Phi) is 7.18. The van der Waals surface area contributed by atoms with Crippen molar-refractivity contribution in [2.24, 2.45) is 5.92 Å². The lowest BCUT2D eigenvalue weighted by Gasteiger charge is -2.20. The molecule has 1 unspecified atom stereocenters. The molecular formula is C24H27NO2S. The maximum Gasteiger partial charge on any atom is 0.267 e. The Balaban J connectivity index is 2.42. The number of nitrogens with zero attached hydrogens (tertiary/aromatic N) is 1. The van der Waals surface area contributed by atoms with Crippen molar-refractivity contribution in [2.75, 3.05) is 0 Å². The van der Waals surface area contributed by atoms with Crippen LogP contribution >= 0.6 is 0 Å². The van der Waals surface area contributed by atoms with Gasteiger partial charge in [0.2, 0.25) is 0 Å². The monoisotopic (exact) mass is 393 g/mol. The van der Waals surface area contributed by atoms with E-state index in [1.165, 1.54) is 4.31 Å². The fraction of sp³-hybridized carbons (Fsp3) is 0.167. The zero-order valence-electron chi connectivity index (χ0n) is 16.5. The molecule has 0 N–H and O–H groups in total. The molecule has 0 aliphatic carbocycles. The van der Waals surface area contributed by atoms with Gasteiger partial charge in [0, 0.05) is 17.8 Å². The van der Waals surface area contributed by atoms with Crippen LogP contribution in [0.4, 0.5) is 0 Å². The van der Waals surface area contributed by atoms with E-state index in [2.05, 4.69) is 19.7 Å². The minimum atomic E-state index is -3.70. The van der Waals surface area contributed by atoms with E-state index in [1.807, 2.05) is 44.2 Å². The van der Waals surface area contributed by atoms with Gasteiger partial charge in [-0.1, -0.05) is 73.4 Å². The molecule has 2 rings (SSSR count). The molecule has 0 radical (unpaired) electrons. The second kappa shape index (κ2) is 9.38. The minimum Gasteiger partial charge on any atom is -0.246 e. The molecule has 0 saturated heterocycles. The Morgan fingerprint density at radius 1 is 1.18 bits per heavy atom. The number of benzene rings is 1. The highest BCUT2D eigenvalue weighted by molar-refractivity contribution is 7.89. The molecule has 3 nitrogen and oxygen atoms in total. The molecule has 28 heavy (non-hydrogen) atoms. The maximum absolute atomic E-state index is 13.1. The van der Waals surface area contributed by atoms with Crippen LogP contribution < -0.4 is 0 Å². The Morgan fingerprint density at radius 3 is 2.43 bits per heavy atom. The smallest absolute Gasteiger partial charge is 0.246 e. The highest BCUT2D eigenvalue weighted by Crippen LogP contribution is 2.38. The Labute approximate surface area is 169 Å². The number of aryl methyl sites for hydroxylation is 1. The molecule has 146 valence electrons. The van der Waals surface area contributed by atoms with E-state index < -0.39 is 10.0 Å². The predicted octanol–water partition coefficient (Wildman–Crippen LogP) is 5.83. The average Bonchev–Trinajstić information content (AvgIpc) is 2.99. The van der Waals surface area contributed by atoms with E-state index >= 15 is 0 Å². The normalized spacial score (nSPS) is 18.1. The largest absolute Gasteiger partial charge is 0.267 e. The molecule has 1 aliphatic rings. The summed E-state index contributed by atoms with van der Waals surface area (Å²) in [5, 5.41) is 0. The second-order valence-corrected chi connectivity index (χ2v) is 8.34. The Bertz CT molecular complexity index is 974. The molecule has 1 atom stereocenters. The Hall–Kier alpha value is -2.85. The van der Waals surface area contributed by atoms with Crippen molar-refractivity contribution in [2.45, 2.75) is 25.2 Å². The molecule has 1 aliphatic heterocycles. The topological polar surface area (TPSA) is 37.4 Å². The van der Waals surface area contributed by atoms with E-state index in [9.17, 15) is 8.42 Å². The zero-order chi connectivity index (χ0) is 20.7. The molecule has 0 spiro atoms. The van der Waals surface area contributed by atoms with Crippen LogP contribution in [-0.2, 0) is 10.0 Å². The SMILES string of the molecule is C=C\C=C/C(/C=C/C1=CN(S(=O)(=O)c2ccc(C)cc2)C(=C)C1CC=C)=C\C. The van der Waals surface area contributed by atoms with Crippen LogP contribution in [0.3, 0.4) is 0 Å². The van der Waals surface area contributed by atoms with Crippen molar-refractivity contribution < 1.29 is 8.42 Å².